The fourth-order valence-corrected chi connectivity index (χ4v) is 3.00. The Bertz CT molecular complexity index is 804. The molecule has 0 amide bonds. The summed E-state index contributed by atoms with van der Waals surface area (Å²) in [6.45, 7) is 14.5. The van der Waals surface area contributed by atoms with Gasteiger partial charge in [-0.1, -0.05) is 95.8 Å². The van der Waals surface area contributed by atoms with Gasteiger partial charge in [-0.25, -0.2) is 0 Å². The summed E-state index contributed by atoms with van der Waals surface area (Å²) in [5, 5.41) is 5.13. The van der Waals surface area contributed by atoms with Gasteiger partial charge >= 0.3 is 0 Å². The fraction of sp³-hybridized carbons (Fsp3) is 0.333. The molecule has 0 radical (unpaired) electrons. The van der Waals surface area contributed by atoms with Crippen LogP contribution in [0.3, 0.4) is 0 Å². The SMILES string of the molecule is C=c1c2c(c3ccccc3/c1=C/C=C\CC)C=CCC2.CC.CC. The highest BCUT2D eigenvalue weighted by atomic mass is 14.1. The third-order valence-corrected chi connectivity index (χ3v) is 4.00. The Hall–Kier alpha value is -2.08. The summed E-state index contributed by atoms with van der Waals surface area (Å²) in [7, 11) is 0. The highest BCUT2D eigenvalue weighted by Crippen LogP contribution is 2.23. The Morgan fingerprint density at radius 2 is 1.71 bits per heavy atom. The lowest BCUT2D eigenvalue weighted by molar-refractivity contribution is 0.978. The van der Waals surface area contributed by atoms with E-state index in [0.29, 0.717) is 0 Å². The molecule has 0 saturated carbocycles. The Morgan fingerprint density at radius 3 is 2.38 bits per heavy atom. The van der Waals surface area contributed by atoms with Gasteiger partial charge in [0.2, 0.25) is 0 Å². The first-order valence-electron chi connectivity index (χ1n) is 9.39. The number of allylic oxidation sites excluding steroid dienone is 3. The first-order valence-corrected chi connectivity index (χ1v) is 9.39. The standard InChI is InChI=1S/C20H20.2C2H6/c1-3-4-5-10-16-15(2)17-11-6-7-12-19(17)20-14-9-8-13-18(16)20;2*1-2/h4-5,7-10,12-14H,2-3,6,11H2,1H3;2*1-2H3/b5-4-,16-10+;;. The van der Waals surface area contributed by atoms with Crippen molar-refractivity contribution in [2.45, 2.75) is 53.9 Å². The molecule has 0 nitrogen and oxygen atoms in total. The van der Waals surface area contributed by atoms with Gasteiger partial charge in [0, 0.05) is 0 Å². The molecule has 0 bridgehead atoms. The van der Waals surface area contributed by atoms with Crippen LogP contribution in [-0.4, -0.2) is 0 Å². The van der Waals surface area contributed by atoms with Crippen molar-refractivity contribution in [1.82, 2.24) is 0 Å². The molecule has 0 heterocycles. The molecule has 0 aliphatic heterocycles. The maximum atomic E-state index is 4.36. The quantitative estimate of drug-likeness (QED) is 0.636. The molecule has 3 rings (SSSR count). The Labute approximate surface area is 147 Å². The van der Waals surface area contributed by atoms with Gasteiger partial charge in [0.25, 0.3) is 0 Å². The lowest BCUT2D eigenvalue weighted by Crippen LogP contribution is -2.30. The van der Waals surface area contributed by atoms with Crippen LogP contribution in [0.2, 0.25) is 0 Å². The third-order valence-electron chi connectivity index (χ3n) is 4.00. The Kier molecular flexibility index (Phi) is 8.86. The van der Waals surface area contributed by atoms with Crippen LogP contribution in [0.4, 0.5) is 0 Å². The lowest BCUT2D eigenvalue weighted by Gasteiger charge is -2.15. The van der Waals surface area contributed by atoms with Crippen molar-refractivity contribution in [2.75, 3.05) is 0 Å². The smallest absolute Gasteiger partial charge is 0.00994 e. The number of rotatable bonds is 2. The molecule has 0 unspecified atom stereocenters. The average Bonchev–Trinajstić information content (AvgIpc) is 2.68. The van der Waals surface area contributed by atoms with Crippen LogP contribution in [0.25, 0.3) is 29.5 Å². The molecule has 0 aromatic heterocycles. The number of hydrogen-bond acceptors (Lipinski definition) is 0. The molecule has 0 atom stereocenters. The molecular weight excluding hydrogens is 288 g/mol. The van der Waals surface area contributed by atoms with E-state index < -0.39 is 0 Å². The molecule has 24 heavy (non-hydrogen) atoms. The molecular formula is C24H32. The van der Waals surface area contributed by atoms with Crippen molar-refractivity contribution < 1.29 is 0 Å². The van der Waals surface area contributed by atoms with E-state index in [1.807, 2.05) is 27.7 Å². The zero-order valence-electron chi connectivity index (χ0n) is 16.0. The summed E-state index contributed by atoms with van der Waals surface area (Å²) in [5.74, 6) is 0. The van der Waals surface area contributed by atoms with Gasteiger partial charge in [-0.3, -0.25) is 0 Å². The topological polar surface area (TPSA) is 0 Å². The molecule has 2 aromatic carbocycles. The van der Waals surface area contributed by atoms with Crippen molar-refractivity contribution in [3.05, 3.63) is 64.1 Å². The van der Waals surface area contributed by atoms with E-state index in [2.05, 4.69) is 68.1 Å². The number of hydrogen-bond donors (Lipinski definition) is 0. The molecule has 1 aliphatic rings. The summed E-state index contributed by atoms with van der Waals surface area (Å²) >= 11 is 0. The maximum absolute atomic E-state index is 4.36. The van der Waals surface area contributed by atoms with Gasteiger partial charge < -0.3 is 0 Å². The molecule has 0 N–H and O–H groups in total. The van der Waals surface area contributed by atoms with Crippen molar-refractivity contribution in [3.8, 4) is 0 Å². The van der Waals surface area contributed by atoms with Gasteiger partial charge in [-0.05, 0) is 51.6 Å². The van der Waals surface area contributed by atoms with Crippen LogP contribution in [-0.2, 0) is 6.42 Å². The van der Waals surface area contributed by atoms with Gasteiger partial charge in [0.05, 0.1) is 0 Å². The number of fused-ring (bicyclic) bond motifs is 3. The first-order chi connectivity index (χ1) is 11.8. The third kappa shape index (κ3) is 4.26. The summed E-state index contributed by atoms with van der Waals surface area (Å²) in [6, 6.07) is 8.67. The van der Waals surface area contributed by atoms with E-state index in [4.69, 9.17) is 0 Å². The van der Waals surface area contributed by atoms with Crippen molar-refractivity contribution in [3.63, 3.8) is 0 Å². The zero-order chi connectivity index (χ0) is 17.9. The monoisotopic (exact) mass is 320 g/mol. The average molecular weight is 321 g/mol. The second kappa shape index (κ2) is 10.6. The molecule has 128 valence electrons. The van der Waals surface area contributed by atoms with Crippen LogP contribution >= 0.6 is 0 Å². The summed E-state index contributed by atoms with van der Waals surface area (Å²) in [6.07, 6.45) is 14.4. The predicted molar refractivity (Wildman–Crippen MR) is 113 cm³/mol. The van der Waals surface area contributed by atoms with Crippen molar-refractivity contribution in [2.24, 2.45) is 0 Å². The van der Waals surface area contributed by atoms with E-state index in [1.165, 1.54) is 32.3 Å². The molecule has 0 fully saturated rings. The normalized spacial score (nSPS) is 13.1. The van der Waals surface area contributed by atoms with E-state index in [1.54, 1.807) is 0 Å². The largest absolute Gasteiger partial charge is 0.0908 e. The minimum absolute atomic E-state index is 1.06. The minimum Gasteiger partial charge on any atom is -0.0908 e. The number of benzene rings is 2. The second-order valence-corrected chi connectivity index (χ2v) is 5.27. The molecule has 2 aromatic rings. The van der Waals surface area contributed by atoms with Gasteiger partial charge in [-0.2, -0.15) is 0 Å². The van der Waals surface area contributed by atoms with Crippen LogP contribution in [0.1, 0.15) is 58.6 Å². The minimum atomic E-state index is 1.06. The van der Waals surface area contributed by atoms with Crippen molar-refractivity contribution in [1.29, 1.82) is 0 Å². The van der Waals surface area contributed by atoms with Crippen LogP contribution < -0.4 is 10.4 Å². The first kappa shape index (κ1) is 20.0. The van der Waals surface area contributed by atoms with Crippen LogP contribution in [0.15, 0.2) is 42.5 Å². The maximum Gasteiger partial charge on any atom is -0.00994 e. The molecule has 1 aliphatic carbocycles. The zero-order valence-corrected chi connectivity index (χ0v) is 16.0. The van der Waals surface area contributed by atoms with Crippen LogP contribution in [0.5, 0.6) is 0 Å². The fourth-order valence-electron chi connectivity index (χ4n) is 3.00. The molecule has 0 spiro atoms. The highest BCUT2D eigenvalue weighted by molar-refractivity contribution is 5.93. The molecule has 0 saturated heterocycles. The molecule has 0 heteroatoms. The summed E-state index contributed by atoms with van der Waals surface area (Å²) in [4.78, 5) is 0. The van der Waals surface area contributed by atoms with Gasteiger partial charge in [0.15, 0.2) is 0 Å². The van der Waals surface area contributed by atoms with Crippen molar-refractivity contribution >= 4 is 29.5 Å². The van der Waals surface area contributed by atoms with Gasteiger partial charge in [-0.15, -0.1) is 0 Å². The van der Waals surface area contributed by atoms with E-state index >= 15 is 0 Å². The van der Waals surface area contributed by atoms with Gasteiger partial charge in [0.1, 0.15) is 0 Å². The summed E-state index contributed by atoms with van der Waals surface area (Å²) in [5.41, 5.74) is 2.79. The highest BCUT2D eigenvalue weighted by Gasteiger charge is 2.10. The van der Waals surface area contributed by atoms with E-state index in [-0.39, 0.29) is 0 Å². The summed E-state index contributed by atoms with van der Waals surface area (Å²) < 4.78 is 0. The van der Waals surface area contributed by atoms with E-state index in [9.17, 15) is 0 Å². The van der Waals surface area contributed by atoms with E-state index in [0.717, 1.165) is 19.3 Å². The predicted octanol–water partition coefficient (Wildman–Crippen LogP) is 6.01. The Morgan fingerprint density at radius 1 is 1.04 bits per heavy atom. The second-order valence-electron chi connectivity index (χ2n) is 5.27. The Balaban J connectivity index is 0.000000671. The van der Waals surface area contributed by atoms with Crippen LogP contribution in [0, 0.1) is 0 Å². The lowest BCUT2D eigenvalue weighted by atomic mass is 9.89.